The summed E-state index contributed by atoms with van der Waals surface area (Å²) in [6.45, 7) is 0.504. The van der Waals surface area contributed by atoms with Crippen LogP contribution in [0.3, 0.4) is 0 Å². The SMILES string of the molecule is Fc1ccc(NCc2c(Cl)cccc2Cl)cc1. The molecule has 0 aliphatic carbocycles. The van der Waals surface area contributed by atoms with E-state index in [0.29, 0.717) is 16.6 Å². The number of anilines is 1. The molecule has 2 aromatic carbocycles. The summed E-state index contributed by atoms with van der Waals surface area (Å²) in [6.07, 6.45) is 0. The fraction of sp³-hybridized carbons (Fsp3) is 0.0769. The maximum absolute atomic E-state index is 12.7. The largest absolute Gasteiger partial charge is 0.381 e. The highest BCUT2D eigenvalue weighted by Gasteiger charge is 2.04. The highest BCUT2D eigenvalue weighted by molar-refractivity contribution is 6.36. The van der Waals surface area contributed by atoms with Gasteiger partial charge in [-0.15, -0.1) is 0 Å². The second kappa shape index (κ2) is 5.39. The van der Waals surface area contributed by atoms with Gasteiger partial charge in [-0.25, -0.2) is 4.39 Å². The molecule has 4 heteroatoms. The number of hydrogen-bond acceptors (Lipinski definition) is 1. The fourth-order valence-corrected chi connectivity index (χ4v) is 1.99. The Bertz CT molecular complexity index is 491. The van der Waals surface area contributed by atoms with E-state index in [9.17, 15) is 4.39 Å². The Morgan fingerprint density at radius 2 is 1.53 bits per heavy atom. The van der Waals surface area contributed by atoms with Gasteiger partial charge in [-0.1, -0.05) is 29.3 Å². The summed E-state index contributed by atoms with van der Waals surface area (Å²) in [4.78, 5) is 0. The van der Waals surface area contributed by atoms with E-state index in [1.807, 2.05) is 0 Å². The molecular formula is C13H10Cl2FN. The van der Waals surface area contributed by atoms with Gasteiger partial charge >= 0.3 is 0 Å². The molecule has 0 heterocycles. The summed E-state index contributed by atoms with van der Waals surface area (Å²) < 4.78 is 12.7. The van der Waals surface area contributed by atoms with Crippen molar-refractivity contribution in [1.29, 1.82) is 0 Å². The number of halogens is 3. The predicted octanol–water partition coefficient (Wildman–Crippen LogP) is 4.74. The third-order valence-corrected chi connectivity index (χ3v) is 3.08. The van der Waals surface area contributed by atoms with Crippen LogP contribution in [0.2, 0.25) is 10.0 Å². The number of benzene rings is 2. The molecule has 0 aliphatic heterocycles. The Kier molecular flexibility index (Phi) is 3.87. The molecule has 0 radical (unpaired) electrons. The summed E-state index contributed by atoms with van der Waals surface area (Å²) in [5.41, 5.74) is 1.66. The molecule has 0 unspecified atom stereocenters. The first-order valence-corrected chi connectivity index (χ1v) is 5.85. The van der Waals surface area contributed by atoms with Crippen LogP contribution in [0.4, 0.5) is 10.1 Å². The Morgan fingerprint density at radius 1 is 0.941 bits per heavy atom. The lowest BCUT2D eigenvalue weighted by Gasteiger charge is -2.09. The topological polar surface area (TPSA) is 12.0 Å². The lowest BCUT2D eigenvalue weighted by atomic mass is 10.2. The summed E-state index contributed by atoms with van der Waals surface area (Å²) in [5.74, 6) is -0.258. The van der Waals surface area contributed by atoms with Gasteiger partial charge in [0.2, 0.25) is 0 Å². The van der Waals surface area contributed by atoms with Crippen LogP contribution < -0.4 is 5.32 Å². The minimum Gasteiger partial charge on any atom is -0.381 e. The van der Waals surface area contributed by atoms with Gasteiger partial charge in [0.15, 0.2) is 0 Å². The molecule has 0 saturated heterocycles. The average molecular weight is 270 g/mol. The summed E-state index contributed by atoms with van der Waals surface area (Å²) in [6, 6.07) is 11.5. The van der Waals surface area contributed by atoms with Crippen molar-refractivity contribution in [2.24, 2.45) is 0 Å². The molecule has 0 atom stereocenters. The van der Waals surface area contributed by atoms with Crippen molar-refractivity contribution < 1.29 is 4.39 Å². The molecule has 88 valence electrons. The second-order valence-electron chi connectivity index (χ2n) is 3.56. The lowest BCUT2D eigenvalue weighted by molar-refractivity contribution is 0.628. The first kappa shape index (κ1) is 12.2. The normalized spacial score (nSPS) is 10.3. The van der Waals surface area contributed by atoms with Crippen LogP contribution >= 0.6 is 23.2 Å². The molecule has 17 heavy (non-hydrogen) atoms. The van der Waals surface area contributed by atoms with E-state index < -0.39 is 0 Å². The number of rotatable bonds is 3. The highest BCUT2D eigenvalue weighted by atomic mass is 35.5. The van der Waals surface area contributed by atoms with Crippen LogP contribution in [0.25, 0.3) is 0 Å². The zero-order chi connectivity index (χ0) is 12.3. The smallest absolute Gasteiger partial charge is 0.123 e. The monoisotopic (exact) mass is 269 g/mol. The van der Waals surface area contributed by atoms with E-state index in [-0.39, 0.29) is 5.82 Å². The molecule has 0 saturated carbocycles. The Balaban J connectivity index is 2.10. The molecule has 2 aromatic rings. The van der Waals surface area contributed by atoms with Crippen molar-refractivity contribution in [2.75, 3.05) is 5.32 Å². The first-order chi connectivity index (χ1) is 8.16. The Labute approximate surface area is 109 Å². The van der Waals surface area contributed by atoms with Crippen LogP contribution in [-0.2, 0) is 6.54 Å². The minimum atomic E-state index is -0.258. The molecule has 0 fully saturated rings. The van der Waals surface area contributed by atoms with E-state index in [2.05, 4.69) is 5.32 Å². The van der Waals surface area contributed by atoms with Crippen LogP contribution in [0.15, 0.2) is 42.5 Å². The third kappa shape index (κ3) is 3.11. The zero-order valence-corrected chi connectivity index (χ0v) is 10.4. The minimum absolute atomic E-state index is 0.258. The molecular weight excluding hydrogens is 260 g/mol. The molecule has 0 amide bonds. The van der Waals surface area contributed by atoms with E-state index in [4.69, 9.17) is 23.2 Å². The van der Waals surface area contributed by atoms with Gasteiger partial charge in [-0.2, -0.15) is 0 Å². The zero-order valence-electron chi connectivity index (χ0n) is 8.88. The van der Waals surface area contributed by atoms with Gasteiger partial charge in [0.1, 0.15) is 5.82 Å². The van der Waals surface area contributed by atoms with Gasteiger partial charge in [-0.05, 0) is 36.4 Å². The van der Waals surface area contributed by atoms with Gasteiger partial charge < -0.3 is 5.32 Å². The molecule has 0 aromatic heterocycles. The molecule has 1 N–H and O–H groups in total. The number of hydrogen-bond donors (Lipinski definition) is 1. The summed E-state index contributed by atoms with van der Waals surface area (Å²) in [5, 5.41) is 4.37. The number of nitrogens with one attached hydrogen (secondary N) is 1. The van der Waals surface area contributed by atoms with Gasteiger partial charge in [0, 0.05) is 27.8 Å². The van der Waals surface area contributed by atoms with Gasteiger partial charge in [-0.3, -0.25) is 0 Å². The third-order valence-electron chi connectivity index (χ3n) is 2.38. The maximum atomic E-state index is 12.7. The second-order valence-corrected chi connectivity index (χ2v) is 4.38. The van der Waals surface area contributed by atoms with E-state index in [1.54, 1.807) is 30.3 Å². The van der Waals surface area contributed by atoms with Gasteiger partial charge in [0.25, 0.3) is 0 Å². The lowest BCUT2D eigenvalue weighted by Crippen LogP contribution is -2.00. The van der Waals surface area contributed by atoms with Crippen molar-refractivity contribution in [2.45, 2.75) is 6.54 Å². The molecule has 2 rings (SSSR count). The van der Waals surface area contributed by atoms with Crippen LogP contribution in [0.1, 0.15) is 5.56 Å². The fourth-order valence-electron chi connectivity index (χ4n) is 1.46. The summed E-state index contributed by atoms with van der Waals surface area (Å²) in [7, 11) is 0. The summed E-state index contributed by atoms with van der Waals surface area (Å²) >= 11 is 12.1. The van der Waals surface area contributed by atoms with Crippen LogP contribution in [0.5, 0.6) is 0 Å². The van der Waals surface area contributed by atoms with Crippen molar-refractivity contribution in [3.05, 3.63) is 63.9 Å². The van der Waals surface area contributed by atoms with E-state index in [1.165, 1.54) is 12.1 Å². The van der Waals surface area contributed by atoms with E-state index in [0.717, 1.165) is 11.3 Å². The van der Waals surface area contributed by atoms with Crippen molar-refractivity contribution in [1.82, 2.24) is 0 Å². The maximum Gasteiger partial charge on any atom is 0.123 e. The van der Waals surface area contributed by atoms with Crippen LogP contribution in [0, 0.1) is 5.82 Å². The predicted molar refractivity (Wildman–Crippen MR) is 70.2 cm³/mol. The quantitative estimate of drug-likeness (QED) is 0.849. The highest BCUT2D eigenvalue weighted by Crippen LogP contribution is 2.25. The average Bonchev–Trinajstić information content (AvgIpc) is 2.31. The molecule has 1 nitrogen and oxygen atoms in total. The molecule has 0 bridgehead atoms. The first-order valence-electron chi connectivity index (χ1n) is 5.09. The Hall–Kier alpha value is -1.25. The van der Waals surface area contributed by atoms with Crippen molar-refractivity contribution >= 4 is 28.9 Å². The van der Waals surface area contributed by atoms with Crippen molar-refractivity contribution in [3.63, 3.8) is 0 Å². The molecule has 0 aliphatic rings. The van der Waals surface area contributed by atoms with E-state index >= 15 is 0 Å². The van der Waals surface area contributed by atoms with Crippen molar-refractivity contribution in [3.8, 4) is 0 Å². The Morgan fingerprint density at radius 3 is 2.12 bits per heavy atom. The van der Waals surface area contributed by atoms with Gasteiger partial charge in [0.05, 0.1) is 0 Å². The molecule has 0 spiro atoms. The van der Waals surface area contributed by atoms with Crippen LogP contribution in [-0.4, -0.2) is 0 Å². The standard InChI is InChI=1S/C13H10Cl2FN/c14-12-2-1-3-13(15)11(12)8-17-10-6-4-9(16)5-7-10/h1-7,17H,8H2.